The minimum absolute atomic E-state index is 0.730. The topological polar surface area (TPSA) is 18.5 Å². The van der Waals surface area contributed by atoms with Crippen LogP contribution in [0.2, 0.25) is 0 Å². The zero-order chi connectivity index (χ0) is 13.1. The van der Waals surface area contributed by atoms with Crippen molar-refractivity contribution in [3.8, 4) is 0 Å². The van der Waals surface area contributed by atoms with Gasteiger partial charge in [0.1, 0.15) is 0 Å². The highest BCUT2D eigenvalue weighted by Gasteiger charge is 2.29. The van der Waals surface area contributed by atoms with E-state index in [1.54, 1.807) is 0 Å². The van der Waals surface area contributed by atoms with Gasteiger partial charge in [-0.2, -0.15) is 0 Å². The Hall–Kier alpha value is -0.120. The predicted molar refractivity (Wildman–Crippen MR) is 77.9 cm³/mol. The first-order valence-electron chi connectivity index (χ1n) is 7.71. The number of likely N-dealkylation sites (tertiary alicyclic amines) is 1. The van der Waals surface area contributed by atoms with Gasteiger partial charge >= 0.3 is 0 Å². The van der Waals surface area contributed by atoms with Gasteiger partial charge in [0.05, 0.1) is 0 Å². The molecule has 2 rings (SSSR count). The zero-order valence-corrected chi connectivity index (χ0v) is 12.7. The first-order valence-corrected chi connectivity index (χ1v) is 7.71. The second kappa shape index (κ2) is 6.36. The molecule has 1 N–H and O–H groups in total. The van der Waals surface area contributed by atoms with Gasteiger partial charge in [-0.3, -0.25) is 4.90 Å². The van der Waals surface area contributed by atoms with Gasteiger partial charge in [-0.25, -0.2) is 0 Å². The summed E-state index contributed by atoms with van der Waals surface area (Å²) in [4.78, 5) is 5.12. The standard InChI is InChI=1S/C15H31N3/c1-12(2)15(11-16-13-5-6-13)18-9-7-14(8-10-18)17(3)4/h12-16H,5-11H2,1-4H3. The molecule has 1 heterocycles. The van der Waals surface area contributed by atoms with Crippen molar-refractivity contribution in [2.24, 2.45) is 5.92 Å². The van der Waals surface area contributed by atoms with E-state index in [1.165, 1.54) is 45.3 Å². The number of piperidine rings is 1. The maximum Gasteiger partial charge on any atom is 0.0243 e. The van der Waals surface area contributed by atoms with E-state index in [9.17, 15) is 0 Å². The van der Waals surface area contributed by atoms with Gasteiger partial charge < -0.3 is 10.2 Å². The van der Waals surface area contributed by atoms with E-state index in [4.69, 9.17) is 0 Å². The summed E-state index contributed by atoms with van der Waals surface area (Å²) in [5.41, 5.74) is 0. The van der Waals surface area contributed by atoms with Gasteiger partial charge in [0.15, 0.2) is 0 Å². The summed E-state index contributed by atoms with van der Waals surface area (Å²) in [6, 6.07) is 2.37. The first kappa shape index (κ1) is 14.3. The fourth-order valence-electron chi connectivity index (χ4n) is 3.10. The van der Waals surface area contributed by atoms with Gasteiger partial charge in [-0.05, 0) is 58.8 Å². The van der Waals surface area contributed by atoms with Gasteiger partial charge in [-0.15, -0.1) is 0 Å². The van der Waals surface area contributed by atoms with Crippen LogP contribution in [-0.4, -0.2) is 61.7 Å². The Bertz CT molecular complexity index is 240. The molecule has 1 atom stereocenters. The molecule has 1 aliphatic carbocycles. The highest BCUT2D eigenvalue weighted by Crippen LogP contribution is 2.22. The number of hydrogen-bond acceptors (Lipinski definition) is 3. The van der Waals surface area contributed by atoms with E-state index < -0.39 is 0 Å². The molecular weight excluding hydrogens is 222 g/mol. The molecule has 0 aromatic rings. The molecule has 0 radical (unpaired) electrons. The summed E-state index contributed by atoms with van der Waals surface area (Å²) in [5, 5.41) is 3.72. The third kappa shape index (κ3) is 3.94. The Kier molecular flexibility index (Phi) is 5.05. The Morgan fingerprint density at radius 1 is 1.11 bits per heavy atom. The van der Waals surface area contributed by atoms with E-state index in [0.29, 0.717) is 0 Å². The van der Waals surface area contributed by atoms with Crippen molar-refractivity contribution < 1.29 is 0 Å². The van der Waals surface area contributed by atoms with Crippen LogP contribution in [-0.2, 0) is 0 Å². The van der Waals surface area contributed by atoms with Gasteiger partial charge in [0, 0.05) is 24.7 Å². The Morgan fingerprint density at radius 2 is 1.72 bits per heavy atom. The lowest BCUT2D eigenvalue weighted by Crippen LogP contribution is -2.51. The van der Waals surface area contributed by atoms with E-state index in [1.807, 2.05) is 0 Å². The third-order valence-electron chi connectivity index (χ3n) is 4.66. The Labute approximate surface area is 113 Å². The Morgan fingerprint density at radius 3 is 2.17 bits per heavy atom. The van der Waals surface area contributed by atoms with Crippen molar-refractivity contribution in [3.05, 3.63) is 0 Å². The van der Waals surface area contributed by atoms with Crippen LogP contribution < -0.4 is 5.32 Å². The molecule has 1 saturated carbocycles. The van der Waals surface area contributed by atoms with Gasteiger partial charge in [0.25, 0.3) is 0 Å². The van der Waals surface area contributed by atoms with Crippen molar-refractivity contribution in [3.63, 3.8) is 0 Å². The summed E-state index contributed by atoms with van der Waals surface area (Å²) in [6.45, 7) is 8.49. The van der Waals surface area contributed by atoms with Crippen LogP contribution in [0.15, 0.2) is 0 Å². The molecule has 3 nitrogen and oxygen atoms in total. The van der Waals surface area contributed by atoms with Crippen LogP contribution in [0.5, 0.6) is 0 Å². The van der Waals surface area contributed by atoms with Gasteiger partial charge in [0.2, 0.25) is 0 Å². The Balaban J connectivity index is 1.79. The number of rotatable bonds is 6. The van der Waals surface area contributed by atoms with Crippen molar-refractivity contribution in [2.75, 3.05) is 33.7 Å². The van der Waals surface area contributed by atoms with Crippen LogP contribution in [0.1, 0.15) is 39.5 Å². The highest BCUT2D eigenvalue weighted by atomic mass is 15.2. The van der Waals surface area contributed by atoms with Crippen LogP contribution >= 0.6 is 0 Å². The molecule has 0 aromatic carbocycles. The third-order valence-corrected chi connectivity index (χ3v) is 4.66. The van der Waals surface area contributed by atoms with E-state index in [-0.39, 0.29) is 0 Å². The van der Waals surface area contributed by atoms with Crippen molar-refractivity contribution in [1.82, 2.24) is 15.1 Å². The van der Waals surface area contributed by atoms with E-state index >= 15 is 0 Å². The molecule has 2 fully saturated rings. The summed E-state index contributed by atoms with van der Waals surface area (Å²) in [5.74, 6) is 0.757. The van der Waals surface area contributed by atoms with E-state index in [2.05, 4.69) is 43.1 Å². The quantitative estimate of drug-likeness (QED) is 0.778. The largest absolute Gasteiger partial charge is 0.312 e. The lowest BCUT2D eigenvalue weighted by molar-refractivity contribution is 0.0861. The van der Waals surface area contributed by atoms with Crippen LogP contribution in [0, 0.1) is 5.92 Å². The predicted octanol–water partition coefficient (Wildman–Crippen LogP) is 1.79. The minimum Gasteiger partial charge on any atom is -0.312 e. The normalized spacial score (nSPS) is 25.0. The van der Waals surface area contributed by atoms with Crippen LogP contribution in [0.25, 0.3) is 0 Å². The fraction of sp³-hybridized carbons (Fsp3) is 1.00. The van der Waals surface area contributed by atoms with E-state index in [0.717, 1.165) is 24.0 Å². The van der Waals surface area contributed by atoms with Crippen molar-refractivity contribution >= 4 is 0 Å². The monoisotopic (exact) mass is 253 g/mol. The summed E-state index contributed by atoms with van der Waals surface area (Å²) >= 11 is 0. The molecular formula is C15H31N3. The van der Waals surface area contributed by atoms with Crippen LogP contribution in [0.3, 0.4) is 0 Å². The molecule has 106 valence electrons. The fourth-order valence-corrected chi connectivity index (χ4v) is 3.10. The maximum absolute atomic E-state index is 3.72. The summed E-state index contributed by atoms with van der Waals surface area (Å²) in [6.07, 6.45) is 5.46. The smallest absolute Gasteiger partial charge is 0.0243 e. The average Bonchev–Trinajstić information content (AvgIpc) is 3.13. The number of nitrogens with one attached hydrogen (secondary N) is 1. The molecule has 0 spiro atoms. The SMILES string of the molecule is CC(C)C(CNC1CC1)N1CCC(N(C)C)CC1. The average molecular weight is 253 g/mol. The van der Waals surface area contributed by atoms with Crippen molar-refractivity contribution in [2.45, 2.75) is 57.7 Å². The summed E-state index contributed by atoms with van der Waals surface area (Å²) < 4.78 is 0. The van der Waals surface area contributed by atoms with Crippen molar-refractivity contribution in [1.29, 1.82) is 0 Å². The van der Waals surface area contributed by atoms with Gasteiger partial charge in [-0.1, -0.05) is 13.8 Å². The molecule has 1 unspecified atom stereocenters. The van der Waals surface area contributed by atoms with Crippen LogP contribution in [0.4, 0.5) is 0 Å². The molecule has 0 aromatic heterocycles. The first-order chi connectivity index (χ1) is 8.58. The second-order valence-corrected chi connectivity index (χ2v) is 6.72. The molecule has 3 heteroatoms. The lowest BCUT2D eigenvalue weighted by Gasteiger charge is -2.41. The minimum atomic E-state index is 0.730. The molecule has 2 aliphatic rings. The maximum atomic E-state index is 3.72. The second-order valence-electron chi connectivity index (χ2n) is 6.72. The number of hydrogen-bond donors (Lipinski definition) is 1. The molecule has 0 bridgehead atoms. The zero-order valence-electron chi connectivity index (χ0n) is 12.7. The molecule has 18 heavy (non-hydrogen) atoms. The molecule has 1 aliphatic heterocycles. The lowest BCUT2D eigenvalue weighted by atomic mass is 9.97. The molecule has 0 amide bonds. The summed E-state index contributed by atoms with van der Waals surface area (Å²) in [7, 11) is 4.43. The molecule has 1 saturated heterocycles. The highest BCUT2D eigenvalue weighted by molar-refractivity contribution is 4.88. The number of nitrogens with zero attached hydrogens (tertiary/aromatic N) is 2.